The zero-order valence-corrected chi connectivity index (χ0v) is 17.9. The van der Waals surface area contributed by atoms with Gasteiger partial charge in [-0.25, -0.2) is 9.48 Å². The normalized spacial score (nSPS) is 17.2. The quantitative estimate of drug-likeness (QED) is 0.683. The zero-order valence-electron chi connectivity index (χ0n) is 17.9. The number of benzene rings is 2. The second kappa shape index (κ2) is 8.45. The molecule has 1 aromatic heterocycles. The summed E-state index contributed by atoms with van der Waals surface area (Å²) in [4.78, 5) is 17.0. The molecule has 0 spiro atoms. The summed E-state index contributed by atoms with van der Waals surface area (Å²) in [6.07, 6.45) is 1.86. The lowest BCUT2D eigenvalue weighted by molar-refractivity contribution is 0.0411. The van der Waals surface area contributed by atoms with Gasteiger partial charge in [-0.05, 0) is 51.2 Å². The van der Waals surface area contributed by atoms with Crippen LogP contribution in [0, 0.1) is 0 Å². The summed E-state index contributed by atoms with van der Waals surface area (Å²) in [6, 6.07) is 15.6. The molecule has 0 aliphatic carbocycles. The van der Waals surface area contributed by atoms with Crippen LogP contribution in [0.4, 0.5) is 10.5 Å². The molecule has 2 amide bonds. The van der Waals surface area contributed by atoms with E-state index in [2.05, 4.69) is 46.4 Å². The molecule has 0 unspecified atom stereocenters. The molecule has 4 rings (SSSR count). The van der Waals surface area contributed by atoms with Gasteiger partial charge in [0.15, 0.2) is 0 Å². The van der Waals surface area contributed by atoms with Crippen molar-refractivity contribution in [1.29, 1.82) is 0 Å². The van der Waals surface area contributed by atoms with Crippen molar-refractivity contribution in [3.05, 3.63) is 54.7 Å². The Morgan fingerprint density at radius 2 is 1.87 bits per heavy atom. The molecule has 0 saturated carbocycles. The number of likely N-dealkylation sites (N-methyl/N-ethyl adjacent to an activating group) is 1. The van der Waals surface area contributed by atoms with Gasteiger partial charge in [0.05, 0.1) is 17.4 Å². The van der Waals surface area contributed by atoms with Crippen LogP contribution in [0.15, 0.2) is 54.7 Å². The molecular formula is C23H30N6O. The van der Waals surface area contributed by atoms with Crippen molar-refractivity contribution < 1.29 is 4.79 Å². The van der Waals surface area contributed by atoms with Crippen LogP contribution in [-0.2, 0) is 0 Å². The topological polar surface area (TPSA) is 65.4 Å². The Labute approximate surface area is 177 Å². The SMILES string of the molecule is CN1CCN(CCNC(=O)Nc2ccc(-n3ncc4ccccc43)cc2)CC1(C)C. The van der Waals surface area contributed by atoms with Crippen molar-refractivity contribution >= 4 is 22.6 Å². The highest BCUT2D eigenvalue weighted by molar-refractivity contribution is 5.89. The molecule has 1 saturated heterocycles. The molecule has 1 aliphatic rings. The summed E-state index contributed by atoms with van der Waals surface area (Å²) in [7, 11) is 2.17. The first kappa shape index (κ1) is 20.4. The van der Waals surface area contributed by atoms with E-state index >= 15 is 0 Å². The van der Waals surface area contributed by atoms with Crippen molar-refractivity contribution in [1.82, 2.24) is 24.9 Å². The third kappa shape index (κ3) is 4.47. The smallest absolute Gasteiger partial charge is 0.319 e. The van der Waals surface area contributed by atoms with Crippen LogP contribution in [0.3, 0.4) is 0 Å². The number of fused-ring (bicyclic) bond motifs is 1. The fourth-order valence-corrected chi connectivity index (χ4v) is 3.90. The van der Waals surface area contributed by atoms with Crippen LogP contribution in [0.25, 0.3) is 16.6 Å². The molecule has 0 atom stereocenters. The first-order chi connectivity index (χ1) is 14.4. The summed E-state index contributed by atoms with van der Waals surface area (Å²) < 4.78 is 1.90. The molecule has 30 heavy (non-hydrogen) atoms. The standard InChI is InChI=1S/C23H30N6O/c1-23(2)17-28(15-14-27(23)3)13-12-24-22(30)26-19-8-10-20(11-9-19)29-21-7-5-4-6-18(21)16-25-29/h4-11,16H,12-15,17H2,1-3H3,(H2,24,26,30). The third-order valence-corrected chi connectivity index (χ3v) is 5.96. The van der Waals surface area contributed by atoms with Gasteiger partial charge in [0, 0.05) is 49.3 Å². The monoisotopic (exact) mass is 406 g/mol. The molecule has 2 N–H and O–H groups in total. The number of carbonyl (C=O) groups is 1. The second-order valence-electron chi connectivity index (χ2n) is 8.55. The van der Waals surface area contributed by atoms with E-state index in [1.165, 1.54) is 0 Å². The van der Waals surface area contributed by atoms with Gasteiger partial charge in [-0.3, -0.25) is 9.80 Å². The summed E-state index contributed by atoms with van der Waals surface area (Å²) >= 11 is 0. The van der Waals surface area contributed by atoms with Crippen LogP contribution in [0.5, 0.6) is 0 Å². The third-order valence-electron chi connectivity index (χ3n) is 5.96. The Morgan fingerprint density at radius 1 is 1.10 bits per heavy atom. The number of nitrogens with one attached hydrogen (secondary N) is 2. The number of amides is 2. The van der Waals surface area contributed by atoms with Gasteiger partial charge in [-0.1, -0.05) is 18.2 Å². The minimum Gasteiger partial charge on any atom is -0.337 e. The Bertz CT molecular complexity index is 1010. The molecule has 0 bridgehead atoms. The fourth-order valence-electron chi connectivity index (χ4n) is 3.90. The number of urea groups is 1. The number of nitrogens with zero attached hydrogens (tertiary/aromatic N) is 4. The fraction of sp³-hybridized carbons (Fsp3) is 0.391. The molecule has 2 heterocycles. The minimum absolute atomic E-state index is 0.169. The Balaban J connectivity index is 1.28. The van der Waals surface area contributed by atoms with Crippen LogP contribution < -0.4 is 10.6 Å². The number of anilines is 1. The Kier molecular flexibility index (Phi) is 5.74. The molecule has 7 nitrogen and oxygen atoms in total. The highest BCUT2D eigenvalue weighted by Crippen LogP contribution is 2.20. The first-order valence-electron chi connectivity index (χ1n) is 10.4. The highest BCUT2D eigenvalue weighted by atomic mass is 16.2. The molecular weight excluding hydrogens is 376 g/mol. The van der Waals surface area contributed by atoms with Crippen LogP contribution in [-0.4, -0.2) is 70.9 Å². The molecule has 0 radical (unpaired) electrons. The lowest BCUT2D eigenvalue weighted by atomic mass is 10.00. The lowest BCUT2D eigenvalue weighted by Crippen LogP contribution is -2.58. The largest absolute Gasteiger partial charge is 0.337 e. The predicted molar refractivity (Wildman–Crippen MR) is 121 cm³/mol. The van der Waals surface area contributed by atoms with Crippen molar-refractivity contribution in [2.24, 2.45) is 0 Å². The molecule has 2 aromatic carbocycles. The van der Waals surface area contributed by atoms with Crippen LogP contribution in [0.2, 0.25) is 0 Å². The van der Waals surface area contributed by atoms with E-state index in [0.717, 1.165) is 48.5 Å². The van der Waals surface area contributed by atoms with E-state index in [-0.39, 0.29) is 11.6 Å². The summed E-state index contributed by atoms with van der Waals surface area (Å²) in [5.74, 6) is 0. The zero-order chi connectivity index (χ0) is 21.1. The average Bonchev–Trinajstić information content (AvgIpc) is 3.15. The first-order valence-corrected chi connectivity index (χ1v) is 10.4. The average molecular weight is 407 g/mol. The Hall–Kier alpha value is -2.90. The molecule has 1 aliphatic heterocycles. The summed E-state index contributed by atoms with van der Waals surface area (Å²) in [5.41, 5.74) is 2.94. The number of hydrogen-bond acceptors (Lipinski definition) is 4. The van der Waals surface area contributed by atoms with E-state index < -0.39 is 0 Å². The van der Waals surface area contributed by atoms with Crippen molar-refractivity contribution in [2.75, 3.05) is 45.1 Å². The summed E-state index contributed by atoms with van der Waals surface area (Å²) in [5, 5.41) is 11.4. The number of piperazine rings is 1. The maximum atomic E-state index is 12.3. The van der Waals surface area contributed by atoms with Crippen molar-refractivity contribution in [3.8, 4) is 5.69 Å². The van der Waals surface area contributed by atoms with Gasteiger partial charge in [0.1, 0.15) is 0 Å². The number of carbonyl (C=O) groups excluding carboxylic acids is 1. The van der Waals surface area contributed by atoms with Gasteiger partial charge < -0.3 is 10.6 Å². The maximum absolute atomic E-state index is 12.3. The van der Waals surface area contributed by atoms with Gasteiger partial charge in [-0.2, -0.15) is 5.10 Å². The molecule has 3 aromatic rings. The predicted octanol–water partition coefficient (Wildman–Crippen LogP) is 3.17. The Morgan fingerprint density at radius 3 is 2.63 bits per heavy atom. The van der Waals surface area contributed by atoms with Crippen molar-refractivity contribution in [3.63, 3.8) is 0 Å². The maximum Gasteiger partial charge on any atom is 0.319 e. The van der Waals surface area contributed by atoms with Gasteiger partial charge in [-0.15, -0.1) is 0 Å². The number of aromatic nitrogens is 2. The number of rotatable bonds is 5. The summed E-state index contributed by atoms with van der Waals surface area (Å²) in [6.45, 7) is 9.10. The van der Waals surface area contributed by atoms with Gasteiger partial charge >= 0.3 is 6.03 Å². The van der Waals surface area contributed by atoms with E-state index in [1.807, 2.05) is 59.4 Å². The van der Waals surface area contributed by atoms with Crippen LogP contribution in [0.1, 0.15) is 13.8 Å². The highest BCUT2D eigenvalue weighted by Gasteiger charge is 2.30. The van der Waals surface area contributed by atoms with E-state index in [0.29, 0.717) is 6.54 Å². The van der Waals surface area contributed by atoms with Crippen molar-refractivity contribution in [2.45, 2.75) is 19.4 Å². The second-order valence-corrected chi connectivity index (χ2v) is 8.55. The lowest BCUT2D eigenvalue weighted by Gasteiger charge is -2.45. The minimum atomic E-state index is -0.180. The molecule has 158 valence electrons. The number of hydrogen-bond donors (Lipinski definition) is 2. The molecule has 1 fully saturated rings. The molecule has 7 heteroatoms. The van der Waals surface area contributed by atoms with E-state index in [4.69, 9.17) is 0 Å². The van der Waals surface area contributed by atoms with Gasteiger partial charge in [0.2, 0.25) is 0 Å². The van der Waals surface area contributed by atoms with E-state index in [1.54, 1.807) is 0 Å². The number of para-hydroxylation sites is 1. The van der Waals surface area contributed by atoms with E-state index in [9.17, 15) is 4.79 Å². The van der Waals surface area contributed by atoms with Gasteiger partial charge in [0.25, 0.3) is 0 Å². The van der Waals surface area contributed by atoms with Crippen LogP contribution >= 0.6 is 0 Å².